The molecule has 0 aliphatic heterocycles. The van der Waals surface area contributed by atoms with Crippen LogP contribution in [0.15, 0.2) is 24.0 Å². The maximum atomic E-state index is 11.6. The quantitative estimate of drug-likeness (QED) is 0.744. The van der Waals surface area contributed by atoms with E-state index in [9.17, 15) is 9.90 Å². The highest BCUT2D eigenvalue weighted by molar-refractivity contribution is 5.67. The van der Waals surface area contributed by atoms with E-state index in [1.165, 1.54) is 26.2 Å². The van der Waals surface area contributed by atoms with Crippen LogP contribution in [0.3, 0.4) is 0 Å². The van der Waals surface area contributed by atoms with Gasteiger partial charge >= 0.3 is 5.97 Å². The first kappa shape index (κ1) is 15.4. The molecule has 0 heterocycles. The summed E-state index contributed by atoms with van der Waals surface area (Å²) in [5.41, 5.74) is -0.104. The van der Waals surface area contributed by atoms with Crippen molar-refractivity contribution in [1.29, 1.82) is 0 Å². The van der Waals surface area contributed by atoms with Gasteiger partial charge in [0.1, 0.15) is 5.76 Å². The summed E-state index contributed by atoms with van der Waals surface area (Å²) in [5.74, 6) is 2.01. The second kappa shape index (κ2) is 5.20. The molecule has 3 nitrogen and oxygen atoms in total. The Balaban J connectivity index is 1.60. The van der Waals surface area contributed by atoms with Crippen molar-refractivity contribution in [2.45, 2.75) is 64.4 Å². The molecule has 0 aromatic rings. The number of hydrogen-bond acceptors (Lipinski definition) is 3. The van der Waals surface area contributed by atoms with Gasteiger partial charge in [-0.05, 0) is 73.8 Å². The first-order valence-electron chi connectivity index (χ1n) is 9.23. The third-order valence-corrected chi connectivity index (χ3v) is 7.34. The number of esters is 1. The Hall–Kier alpha value is -1.09. The number of aliphatic hydroxyl groups is 1. The van der Waals surface area contributed by atoms with Crippen LogP contribution in [0.5, 0.6) is 0 Å². The summed E-state index contributed by atoms with van der Waals surface area (Å²) in [5, 5.41) is 11.6. The topological polar surface area (TPSA) is 46.5 Å². The van der Waals surface area contributed by atoms with Gasteiger partial charge in [0.15, 0.2) is 0 Å². The first-order valence-corrected chi connectivity index (χ1v) is 9.23. The minimum atomic E-state index is -0.563. The molecule has 4 aliphatic rings. The Morgan fingerprint density at radius 2 is 2.04 bits per heavy atom. The molecule has 0 aromatic heterocycles. The predicted molar refractivity (Wildman–Crippen MR) is 88.3 cm³/mol. The van der Waals surface area contributed by atoms with Gasteiger partial charge in [-0.25, -0.2) is 0 Å². The van der Waals surface area contributed by atoms with E-state index in [2.05, 4.69) is 19.1 Å². The third-order valence-electron chi connectivity index (χ3n) is 7.34. The average molecular weight is 316 g/mol. The molecule has 23 heavy (non-hydrogen) atoms. The van der Waals surface area contributed by atoms with Crippen LogP contribution in [0.2, 0.25) is 0 Å². The molecule has 126 valence electrons. The van der Waals surface area contributed by atoms with E-state index in [4.69, 9.17) is 4.74 Å². The first-order chi connectivity index (χ1) is 10.9. The van der Waals surface area contributed by atoms with E-state index in [-0.39, 0.29) is 11.9 Å². The summed E-state index contributed by atoms with van der Waals surface area (Å²) in [6.45, 7) is 3.89. The summed E-state index contributed by atoms with van der Waals surface area (Å²) in [6.07, 6.45) is 14.3. The van der Waals surface area contributed by atoms with Crippen LogP contribution in [0, 0.1) is 29.1 Å². The lowest BCUT2D eigenvalue weighted by Gasteiger charge is -2.58. The van der Waals surface area contributed by atoms with Crippen molar-refractivity contribution in [3.05, 3.63) is 24.0 Å². The zero-order chi connectivity index (χ0) is 16.2. The van der Waals surface area contributed by atoms with Crippen LogP contribution >= 0.6 is 0 Å². The number of hydrogen-bond donors (Lipinski definition) is 1. The van der Waals surface area contributed by atoms with Crippen molar-refractivity contribution in [2.75, 3.05) is 0 Å². The number of carbonyl (C=O) groups excluding carboxylic acids is 1. The van der Waals surface area contributed by atoms with Crippen LogP contribution in [0.25, 0.3) is 0 Å². The van der Waals surface area contributed by atoms with Crippen LogP contribution in [0.1, 0.15) is 58.8 Å². The number of rotatable bonds is 1. The molecule has 0 aromatic carbocycles. The summed E-state index contributed by atoms with van der Waals surface area (Å²) < 4.78 is 5.25. The van der Waals surface area contributed by atoms with Gasteiger partial charge in [0, 0.05) is 12.8 Å². The summed E-state index contributed by atoms with van der Waals surface area (Å²) in [6, 6.07) is 0. The van der Waals surface area contributed by atoms with Crippen molar-refractivity contribution < 1.29 is 14.6 Å². The molecule has 3 fully saturated rings. The lowest BCUT2D eigenvalue weighted by Crippen LogP contribution is -2.58. The van der Waals surface area contributed by atoms with Crippen molar-refractivity contribution >= 4 is 5.97 Å². The maximum absolute atomic E-state index is 11.6. The van der Waals surface area contributed by atoms with Gasteiger partial charge in [0.25, 0.3) is 0 Å². The van der Waals surface area contributed by atoms with E-state index >= 15 is 0 Å². The highest BCUT2D eigenvalue weighted by Crippen LogP contribution is 2.63. The fourth-order valence-corrected chi connectivity index (χ4v) is 6.26. The maximum Gasteiger partial charge on any atom is 0.308 e. The normalized spacial score (nSPS) is 48.0. The molecule has 0 radical (unpaired) electrons. The zero-order valence-electron chi connectivity index (χ0n) is 14.3. The predicted octanol–water partition coefficient (Wildman–Crippen LogP) is 3.98. The van der Waals surface area contributed by atoms with Gasteiger partial charge in [-0.1, -0.05) is 19.4 Å². The van der Waals surface area contributed by atoms with Gasteiger partial charge in [0.2, 0.25) is 0 Å². The van der Waals surface area contributed by atoms with Gasteiger partial charge in [-0.2, -0.15) is 0 Å². The Bertz CT molecular complexity index is 577. The van der Waals surface area contributed by atoms with Crippen molar-refractivity contribution in [1.82, 2.24) is 0 Å². The molecular formula is C20H28O3. The molecule has 1 N–H and O–H groups in total. The Morgan fingerprint density at radius 3 is 2.83 bits per heavy atom. The smallest absolute Gasteiger partial charge is 0.308 e. The highest BCUT2D eigenvalue weighted by atomic mass is 16.5. The third kappa shape index (κ3) is 2.31. The van der Waals surface area contributed by atoms with E-state index in [0.717, 1.165) is 25.7 Å². The summed E-state index contributed by atoms with van der Waals surface area (Å²) in [4.78, 5) is 11.2. The monoisotopic (exact) mass is 316 g/mol. The Kier molecular flexibility index (Phi) is 3.49. The number of fused-ring (bicyclic) bond motifs is 5. The van der Waals surface area contributed by atoms with Crippen LogP contribution in [-0.4, -0.2) is 16.7 Å². The molecular weight excluding hydrogens is 288 g/mol. The fourth-order valence-electron chi connectivity index (χ4n) is 6.26. The van der Waals surface area contributed by atoms with E-state index in [1.54, 1.807) is 0 Å². The Labute approximate surface area is 138 Å². The van der Waals surface area contributed by atoms with Crippen LogP contribution in [0.4, 0.5) is 0 Å². The zero-order valence-corrected chi connectivity index (χ0v) is 14.3. The standard InChI is InChI=1S/C20H28O3/c1-13(21)23-15-6-8-16-14(12-15)5-7-18-17-4-3-9-19(17,2)10-11-20(16,18)22/h6,8,12,14,16-18,22H,3-5,7,9-11H2,1-2H3/t14?,16?,17-,18-,19-,20-/m0/s1. The minimum absolute atomic E-state index is 0.186. The van der Waals surface area contributed by atoms with E-state index in [0.29, 0.717) is 28.9 Å². The molecule has 3 heteroatoms. The Morgan fingerprint density at radius 1 is 1.22 bits per heavy atom. The molecule has 3 saturated carbocycles. The van der Waals surface area contributed by atoms with Gasteiger partial charge < -0.3 is 9.84 Å². The SMILES string of the molecule is CC(=O)OC1=CC2CC[C@H]3[C@@H]4CCC[C@@]4(C)CC[C@]3(O)C2C=C1. The van der Waals surface area contributed by atoms with Crippen LogP contribution in [-0.2, 0) is 9.53 Å². The second-order valence-corrected chi connectivity index (χ2v) is 8.54. The summed E-state index contributed by atoms with van der Waals surface area (Å²) in [7, 11) is 0. The van der Waals surface area contributed by atoms with Crippen molar-refractivity contribution in [3.63, 3.8) is 0 Å². The van der Waals surface area contributed by atoms with Crippen molar-refractivity contribution in [3.8, 4) is 0 Å². The van der Waals surface area contributed by atoms with Gasteiger partial charge in [-0.15, -0.1) is 0 Å². The number of ether oxygens (including phenoxy) is 1. The molecule has 2 unspecified atom stereocenters. The molecule has 4 rings (SSSR count). The largest absolute Gasteiger partial charge is 0.427 e. The summed E-state index contributed by atoms with van der Waals surface area (Å²) >= 11 is 0. The highest BCUT2D eigenvalue weighted by Gasteiger charge is 2.59. The molecule has 0 saturated heterocycles. The van der Waals surface area contributed by atoms with E-state index in [1.807, 2.05) is 6.08 Å². The lowest BCUT2D eigenvalue weighted by atomic mass is 9.50. The van der Waals surface area contributed by atoms with Crippen LogP contribution < -0.4 is 0 Å². The van der Waals surface area contributed by atoms with E-state index < -0.39 is 5.60 Å². The average Bonchev–Trinajstić information content (AvgIpc) is 2.88. The molecule has 4 aliphatic carbocycles. The van der Waals surface area contributed by atoms with Crippen molar-refractivity contribution in [2.24, 2.45) is 29.1 Å². The lowest BCUT2D eigenvalue weighted by molar-refractivity contribution is -0.163. The molecule has 0 bridgehead atoms. The second-order valence-electron chi connectivity index (χ2n) is 8.54. The number of carbonyl (C=O) groups is 1. The minimum Gasteiger partial charge on any atom is -0.427 e. The molecule has 0 amide bonds. The van der Waals surface area contributed by atoms with Gasteiger partial charge in [0.05, 0.1) is 5.60 Å². The number of allylic oxidation sites excluding steroid dienone is 2. The molecule has 0 spiro atoms. The fraction of sp³-hybridized carbons (Fsp3) is 0.750. The molecule has 6 atom stereocenters. The van der Waals surface area contributed by atoms with Gasteiger partial charge in [-0.3, -0.25) is 4.79 Å².